The van der Waals surface area contributed by atoms with Crippen LogP contribution in [-0.2, 0) is 10.0 Å². The van der Waals surface area contributed by atoms with Gasteiger partial charge in [0.15, 0.2) is 0 Å². The van der Waals surface area contributed by atoms with Gasteiger partial charge in [0, 0.05) is 28.2 Å². The summed E-state index contributed by atoms with van der Waals surface area (Å²) in [5, 5.41) is 9.98. The Balaban J connectivity index is 1.90. The average molecular weight is 424 g/mol. The first-order chi connectivity index (χ1) is 12.8. The Morgan fingerprint density at radius 1 is 1.22 bits per heavy atom. The Kier molecular flexibility index (Phi) is 3.98. The number of carbonyl (C=O) groups is 1. The molecule has 4 N–H and O–H groups in total. The molecule has 0 fully saturated rings. The fraction of sp³-hybridized carbons (Fsp3) is 0. The summed E-state index contributed by atoms with van der Waals surface area (Å²) in [7, 11) is -3.85. The van der Waals surface area contributed by atoms with Crippen LogP contribution in [0.25, 0.3) is 21.8 Å². The number of hydrogen-bond donors (Lipinski definition) is 4. The highest BCUT2D eigenvalue weighted by Gasteiger charge is 2.19. The smallest absolute Gasteiger partial charge is 0.337 e. The summed E-state index contributed by atoms with van der Waals surface area (Å²) in [5.41, 5.74) is 0.164. The lowest BCUT2D eigenvalue weighted by Gasteiger charge is -2.08. The van der Waals surface area contributed by atoms with E-state index in [2.05, 4.69) is 14.7 Å². The Labute approximate surface area is 160 Å². The van der Waals surface area contributed by atoms with Gasteiger partial charge in [-0.05, 0) is 30.3 Å². The highest BCUT2D eigenvalue weighted by atomic mass is 35.5. The first-order valence-corrected chi connectivity index (χ1v) is 10.1. The Bertz CT molecular complexity index is 1380. The number of sulfonamides is 1. The van der Waals surface area contributed by atoms with E-state index in [1.54, 1.807) is 0 Å². The molecule has 0 aliphatic heterocycles. The lowest BCUT2D eigenvalue weighted by molar-refractivity contribution is 0.0699. The predicted octanol–water partition coefficient (Wildman–Crippen LogP) is 3.22. The molecule has 0 spiro atoms. The molecule has 3 aromatic heterocycles. The molecule has 3 heterocycles. The van der Waals surface area contributed by atoms with Crippen LogP contribution in [0.5, 0.6) is 0 Å². The van der Waals surface area contributed by atoms with Gasteiger partial charge in [-0.25, -0.2) is 13.2 Å². The number of aromatic amines is 2. The number of rotatable bonds is 4. The van der Waals surface area contributed by atoms with Crippen LogP contribution in [0.3, 0.4) is 0 Å². The van der Waals surface area contributed by atoms with Crippen molar-refractivity contribution in [1.29, 1.82) is 0 Å². The van der Waals surface area contributed by atoms with Crippen molar-refractivity contribution in [3.63, 3.8) is 0 Å². The van der Waals surface area contributed by atoms with Crippen LogP contribution in [-0.4, -0.2) is 29.5 Å². The molecule has 8 nitrogen and oxygen atoms in total. The van der Waals surface area contributed by atoms with Crippen molar-refractivity contribution in [2.24, 2.45) is 0 Å². The lowest BCUT2D eigenvalue weighted by atomic mass is 10.1. The molecule has 0 saturated heterocycles. The SMILES string of the molecule is O=C(O)c1c[nH]c2c(=O)[nH]c3ccc(NS(=O)(=O)c4ccc(Cl)s4)cc3c12. The molecular formula is C16H10ClN3O5S2. The van der Waals surface area contributed by atoms with Gasteiger partial charge in [0.2, 0.25) is 0 Å². The van der Waals surface area contributed by atoms with Gasteiger partial charge in [0.25, 0.3) is 15.6 Å². The molecule has 0 saturated carbocycles. The summed E-state index contributed by atoms with van der Waals surface area (Å²) in [6, 6.07) is 7.33. The van der Waals surface area contributed by atoms with Gasteiger partial charge in [0.05, 0.1) is 9.90 Å². The van der Waals surface area contributed by atoms with Crippen molar-refractivity contribution in [2.75, 3.05) is 4.72 Å². The van der Waals surface area contributed by atoms with Gasteiger partial charge in [-0.3, -0.25) is 9.52 Å². The van der Waals surface area contributed by atoms with E-state index in [-0.39, 0.29) is 26.4 Å². The van der Waals surface area contributed by atoms with E-state index in [0.717, 1.165) is 11.3 Å². The summed E-state index contributed by atoms with van der Waals surface area (Å²) in [6.45, 7) is 0. The van der Waals surface area contributed by atoms with Crippen molar-refractivity contribution in [2.45, 2.75) is 4.21 Å². The standard InChI is InChI=1S/C16H10ClN3O5S2/c17-11-3-4-12(26-11)27(24,25)20-7-1-2-10-8(5-7)13-9(16(22)23)6-18-14(13)15(21)19-10/h1-6,18,20H,(H,19,21)(H,22,23). The van der Waals surface area contributed by atoms with Gasteiger partial charge in [0.1, 0.15) is 9.73 Å². The normalized spacial score (nSPS) is 11.9. The second-order valence-electron chi connectivity index (χ2n) is 5.64. The molecule has 1 aromatic carbocycles. The lowest BCUT2D eigenvalue weighted by Crippen LogP contribution is -2.12. The van der Waals surface area contributed by atoms with Crippen molar-refractivity contribution in [1.82, 2.24) is 9.97 Å². The quantitative estimate of drug-likeness (QED) is 0.400. The highest BCUT2D eigenvalue weighted by molar-refractivity contribution is 7.94. The van der Waals surface area contributed by atoms with Gasteiger partial charge >= 0.3 is 5.97 Å². The molecule has 27 heavy (non-hydrogen) atoms. The first-order valence-electron chi connectivity index (χ1n) is 7.45. The molecule has 4 aromatic rings. The van der Waals surface area contributed by atoms with Gasteiger partial charge in [-0.15, -0.1) is 11.3 Å². The van der Waals surface area contributed by atoms with E-state index < -0.39 is 21.6 Å². The van der Waals surface area contributed by atoms with E-state index in [1.165, 1.54) is 36.5 Å². The minimum absolute atomic E-state index is 0.0482. The number of carboxylic acid groups (broad SMARTS) is 1. The predicted molar refractivity (Wildman–Crippen MR) is 104 cm³/mol. The number of nitrogens with one attached hydrogen (secondary N) is 3. The van der Waals surface area contributed by atoms with E-state index in [0.29, 0.717) is 15.2 Å². The molecule has 4 rings (SSSR count). The van der Waals surface area contributed by atoms with Crippen molar-refractivity contribution in [3.8, 4) is 0 Å². The number of anilines is 1. The molecule has 0 aliphatic carbocycles. The number of thiophene rings is 1. The molecule has 0 aliphatic rings. The summed E-state index contributed by atoms with van der Waals surface area (Å²) in [4.78, 5) is 28.9. The molecule has 11 heteroatoms. The number of hydrogen-bond acceptors (Lipinski definition) is 5. The topological polar surface area (TPSA) is 132 Å². The fourth-order valence-corrected chi connectivity index (χ4v) is 5.34. The third-order valence-electron chi connectivity index (χ3n) is 3.94. The van der Waals surface area contributed by atoms with Gasteiger partial charge in [-0.2, -0.15) is 0 Å². The number of pyridine rings is 1. The van der Waals surface area contributed by atoms with E-state index in [1.807, 2.05) is 0 Å². The summed E-state index contributed by atoms with van der Waals surface area (Å²) >= 11 is 6.71. The van der Waals surface area contributed by atoms with Crippen LogP contribution in [0.15, 0.2) is 45.5 Å². The molecule has 0 atom stereocenters. The minimum Gasteiger partial charge on any atom is -0.478 e. The molecule has 0 radical (unpaired) electrons. The third-order valence-corrected chi connectivity index (χ3v) is 7.04. The van der Waals surface area contributed by atoms with Crippen molar-refractivity contribution >= 4 is 66.4 Å². The summed E-state index contributed by atoms with van der Waals surface area (Å²) in [6.07, 6.45) is 1.23. The molecule has 0 amide bonds. The maximum atomic E-state index is 12.5. The number of carboxylic acids is 1. The summed E-state index contributed by atoms with van der Waals surface area (Å²) in [5.74, 6) is -1.20. The van der Waals surface area contributed by atoms with Crippen LogP contribution in [0.2, 0.25) is 4.34 Å². The van der Waals surface area contributed by atoms with Crippen LogP contribution < -0.4 is 10.3 Å². The van der Waals surface area contributed by atoms with Gasteiger partial charge < -0.3 is 15.1 Å². The average Bonchev–Trinajstić information content (AvgIpc) is 3.22. The van der Waals surface area contributed by atoms with Crippen molar-refractivity contribution in [3.05, 3.63) is 56.8 Å². The highest BCUT2D eigenvalue weighted by Crippen LogP contribution is 2.30. The zero-order chi connectivity index (χ0) is 19.3. The maximum Gasteiger partial charge on any atom is 0.337 e. The second kappa shape index (κ2) is 6.12. The number of halogens is 1. The number of benzene rings is 1. The Hall–Kier alpha value is -2.82. The van der Waals surface area contributed by atoms with E-state index >= 15 is 0 Å². The van der Waals surface area contributed by atoms with Crippen LogP contribution in [0.1, 0.15) is 10.4 Å². The van der Waals surface area contributed by atoms with E-state index in [9.17, 15) is 23.1 Å². The zero-order valence-electron chi connectivity index (χ0n) is 13.2. The monoisotopic (exact) mass is 423 g/mol. The van der Waals surface area contributed by atoms with Crippen molar-refractivity contribution < 1.29 is 18.3 Å². The first kappa shape index (κ1) is 17.6. The zero-order valence-corrected chi connectivity index (χ0v) is 15.6. The fourth-order valence-electron chi connectivity index (χ4n) is 2.81. The Morgan fingerprint density at radius 2 is 2.00 bits per heavy atom. The maximum absolute atomic E-state index is 12.5. The van der Waals surface area contributed by atoms with Gasteiger partial charge in [-0.1, -0.05) is 11.6 Å². The number of aromatic carboxylic acids is 1. The number of H-pyrrole nitrogens is 2. The molecule has 138 valence electrons. The molecule has 0 bridgehead atoms. The van der Waals surface area contributed by atoms with Crippen LogP contribution in [0.4, 0.5) is 5.69 Å². The molecular weight excluding hydrogens is 414 g/mol. The molecule has 0 unspecified atom stereocenters. The van der Waals surface area contributed by atoms with E-state index in [4.69, 9.17) is 11.6 Å². The largest absolute Gasteiger partial charge is 0.478 e. The Morgan fingerprint density at radius 3 is 2.67 bits per heavy atom. The van der Waals surface area contributed by atoms with Crippen LogP contribution in [0, 0.1) is 0 Å². The number of fused-ring (bicyclic) bond motifs is 3. The minimum atomic E-state index is -3.85. The summed E-state index contributed by atoms with van der Waals surface area (Å²) < 4.78 is 27.8. The third kappa shape index (κ3) is 2.97. The second-order valence-corrected chi connectivity index (χ2v) is 9.26. The van der Waals surface area contributed by atoms with Crippen LogP contribution >= 0.6 is 22.9 Å². The number of aromatic nitrogens is 2.